The van der Waals surface area contributed by atoms with Crippen molar-refractivity contribution in [3.8, 4) is 0 Å². The first-order chi connectivity index (χ1) is 11.3. The first-order valence-electron chi connectivity index (χ1n) is 8.04. The molecule has 23 heavy (non-hydrogen) atoms. The van der Waals surface area contributed by atoms with Crippen molar-refractivity contribution in [3.63, 3.8) is 0 Å². The van der Waals surface area contributed by atoms with Crippen molar-refractivity contribution in [1.82, 2.24) is 10.6 Å². The zero-order valence-electron chi connectivity index (χ0n) is 13.3. The molecule has 4 heteroatoms. The van der Waals surface area contributed by atoms with E-state index in [0.717, 1.165) is 18.5 Å². The number of carbonyl (C=O) groups is 1. The third-order valence-corrected chi connectivity index (χ3v) is 5.30. The van der Waals surface area contributed by atoms with Gasteiger partial charge in [-0.15, -0.1) is 11.8 Å². The molecule has 2 aromatic carbocycles. The fraction of sp³-hybridized carbons (Fsp3) is 0.316. The molecule has 0 aromatic heterocycles. The van der Waals surface area contributed by atoms with Gasteiger partial charge >= 0.3 is 0 Å². The van der Waals surface area contributed by atoms with Gasteiger partial charge in [-0.05, 0) is 54.5 Å². The number of fused-ring (bicyclic) bond motifs is 1. The summed E-state index contributed by atoms with van der Waals surface area (Å²) in [6.45, 7) is 0.918. The van der Waals surface area contributed by atoms with Crippen LogP contribution >= 0.6 is 11.8 Å². The van der Waals surface area contributed by atoms with Crippen molar-refractivity contribution in [3.05, 3.63) is 65.2 Å². The lowest BCUT2D eigenvalue weighted by molar-refractivity contribution is 0.0963. The van der Waals surface area contributed by atoms with Crippen LogP contribution in [0.4, 0.5) is 0 Å². The highest BCUT2D eigenvalue weighted by molar-refractivity contribution is 7.99. The number of nitrogens with one attached hydrogen (secondary N) is 2. The fourth-order valence-electron chi connectivity index (χ4n) is 2.96. The molecule has 0 spiro atoms. The van der Waals surface area contributed by atoms with Crippen LogP contribution in [0.15, 0.2) is 53.4 Å². The predicted molar refractivity (Wildman–Crippen MR) is 96.1 cm³/mol. The highest BCUT2D eigenvalue weighted by atomic mass is 32.2. The summed E-state index contributed by atoms with van der Waals surface area (Å²) >= 11 is 1.95. The summed E-state index contributed by atoms with van der Waals surface area (Å²) < 4.78 is 0. The number of hydrogen-bond donors (Lipinski definition) is 2. The van der Waals surface area contributed by atoms with Gasteiger partial charge < -0.3 is 10.6 Å². The first kappa shape index (κ1) is 16.1. The quantitative estimate of drug-likeness (QED) is 0.884. The van der Waals surface area contributed by atoms with Crippen molar-refractivity contribution in [2.45, 2.75) is 23.8 Å². The van der Waals surface area contributed by atoms with E-state index < -0.39 is 0 Å². The number of benzene rings is 2. The molecule has 120 valence electrons. The number of amides is 1. The van der Waals surface area contributed by atoms with Gasteiger partial charge in [0.25, 0.3) is 5.91 Å². The van der Waals surface area contributed by atoms with Gasteiger partial charge in [0.2, 0.25) is 0 Å². The first-order valence-corrected chi connectivity index (χ1v) is 9.02. The second-order valence-corrected chi connectivity index (χ2v) is 6.85. The molecule has 1 amide bonds. The van der Waals surface area contributed by atoms with Crippen molar-refractivity contribution >= 4 is 17.7 Å². The van der Waals surface area contributed by atoms with Gasteiger partial charge in [-0.2, -0.15) is 0 Å². The maximum Gasteiger partial charge on any atom is 0.251 e. The summed E-state index contributed by atoms with van der Waals surface area (Å²) in [5.41, 5.74) is 3.34. The van der Waals surface area contributed by atoms with Gasteiger partial charge in [0.15, 0.2) is 0 Å². The highest BCUT2D eigenvalue weighted by Gasteiger charge is 2.19. The molecule has 0 saturated carbocycles. The number of rotatable bonds is 5. The van der Waals surface area contributed by atoms with Gasteiger partial charge in [-0.1, -0.05) is 30.3 Å². The molecule has 0 saturated heterocycles. The van der Waals surface area contributed by atoms with Crippen LogP contribution in [0.5, 0.6) is 0 Å². The van der Waals surface area contributed by atoms with Crippen LogP contribution in [0.2, 0.25) is 0 Å². The van der Waals surface area contributed by atoms with Crippen molar-refractivity contribution < 1.29 is 4.79 Å². The molecule has 3 nitrogen and oxygen atoms in total. The number of thioether (sulfide) groups is 1. The van der Waals surface area contributed by atoms with Crippen LogP contribution in [0.1, 0.15) is 33.9 Å². The molecule has 2 aromatic rings. The summed E-state index contributed by atoms with van der Waals surface area (Å²) in [6.07, 6.45) is 2.09. The standard InChI is InChI=1S/C19H22N2OS/c1-20-19(22)15-6-4-5-14(13-15)9-11-21-17-10-12-23-18-8-3-2-7-16(17)18/h2-8,13,17,21H,9-12H2,1H3,(H,20,22)/t17-/m1/s1. The summed E-state index contributed by atoms with van der Waals surface area (Å²) in [4.78, 5) is 13.1. The lowest BCUT2D eigenvalue weighted by atomic mass is 10.0. The maximum atomic E-state index is 11.7. The highest BCUT2D eigenvalue weighted by Crippen LogP contribution is 2.35. The Morgan fingerprint density at radius 3 is 2.96 bits per heavy atom. The third-order valence-electron chi connectivity index (χ3n) is 4.18. The fourth-order valence-corrected chi connectivity index (χ4v) is 4.08. The van der Waals surface area contributed by atoms with E-state index in [1.165, 1.54) is 28.2 Å². The average Bonchev–Trinajstić information content (AvgIpc) is 2.61. The van der Waals surface area contributed by atoms with Crippen LogP contribution < -0.4 is 10.6 Å². The summed E-state index contributed by atoms with van der Waals surface area (Å²) in [5, 5.41) is 6.35. The molecule has 0 fully saturated rings. The van der Waals surface area contributed by atoms with Crippen LogP contribution in [0, 0.1) is 0 Å². The second kappa shape index (κ2) is 7.66. The number of hydrogen-bond acceptors (Lipinski definition) is 3. The van der Waals surface area contributed by atoms with Crippen molar-refractivity contribution in [2.24, 2.45) is 0 Å². The lowest BCUT2D eigenvalue weighted by Crippen LogP contribution is -2.26. The molecule has 1 aliphatic heterocycles. The van der Waals surface area contributed by atoms with E-state index in [0.29, 0.717) is 6.04 Å². The Balaban J connectivity index is 1.59. The molecule has 0 aliphatic carbocycles. The molecular weight excluding hydrogens is 304 g/mol. The summed E-state index contributed by atoms with van der Waals surface area (Å²) in [7, 11) is 1.66. The Morgan fingerprint density at radius 1 is 1.22 bits per heavy atom. The minimum Gasteiger partial charge on any atom is -0.355 e. The summed E-state index contributed by atoms with van der Waals surface area (Å²) in [5.74, 6) is 1.14. The van der Waals surface area contributed by atoms with Gasteiger partial charge in [-0.25, -0.2) is 0 Å². The Hall–Kier alpha value is -1.78. The minimum absolute atomic E-state index is 0.0296. The molecule has 1 heterocycles. The van der Waals surface area contributed by atoms with Crippen LogP contribution in [0.3, 0.4) is 0 Å². The maximum absolute atomic E-state index is 11.7. The average molecular weight is 326 g/mol. The SMILES string of the molecule is CNC(=O)c1cccc(CCN[C@@H]2CCSc3ccccc32)c1. The van der Waals surface area contributed by atoms with Crippen LogP contribution in [0.25, 0.3) is 0 Å². The van der Waals surface area contributed by atoms with E-state index in [1.54, 1.807) is 7.05 Å². The smallest absolute Gasteiger partial charge is 0.251 e. The number of carbonyl (C=O) groups excluding carboxylic acids is 1. The molecular formula is C19H22N2OS. The second-order valence-electron chi connectivity index (χ2n) is 5.71. The molecule has 0 unspecified atom stereocenters. The molecule has 3 rings (SSSR count). The van der Waals surface area contributed by atoms with Crippen LogP contribution in [-0.2, 0) is 6.42 Å². The van der Waals surface area contributed by atoms with E-state index in [9.17, 15) is 4.79 Å². The van der Waals surface area contributed by atoms with Gasteiger partial charge in [0.1, 0.15) is 0 Å². The van der Waals surface area contributed by atoms with E-state index in [-0.39, 0.29) is 5.91 Å². The molecule has 0 radical (unpaired) electrons. The van der Waals surface area contributed by atoms with E-state index in [4.69, 9.17) is 0 Å². The molecule has 1 atom stereocenters. The van der Waals surface area contributed by atoms with E-state index >= 15 is 0 Å². The van der Waals surface area contributed by atoms with E-state index in [2.05, 4.69) is 41.0 Å². The Kier molecular flexibility index (Phi) is 5.36. The predicted octanol–water partition coefficient (Wildman–Crippen LogP) is 3.42. The van der Waals surface area contributed by atoms with Crippen LogP contribution in [-0.4, -0.2) is 25.3 Å². The molecule has 0 bridgehead atoms. The van der Waals surface area contributed by atoms with E-state index in [1.807, 2.05) is 30.0 Å². The topological polar surface area (TPSA) is 41.1 Å². The Bertz CT molecular complexity index is 687. The molecule has 2 N–H and O–H groups in total. The lowest BCUT2D eigenvalue weighted by Gasteiger charge is -2.26. The Morgan fingerprint density at radius 2 is 2.09 bits per heavy atom. The minimum atomic E-state index is -0.0296. The Labute approximate surface area is 141 Å². The van der Waals surface area contributed by atoms with Gasteiger partial charge in [-0.3, -0.25) is 4.79 Å². The van der Waals surface area contributed by atoms with Gasteiger partial charge in [0, 0.05) is 23.5 Å². The van der Waals surface area contributed by atoms with Crippen molar-refractivity contribution in [1.29, 1.82) is 0 Å². The monoisotopic (exact) mass is 326 g/mol. The zero-order chi connectivity index (χ0) is 16.1. The largest absolute Gasteiger partial charge is 0.355 e. The summed E-state index contributed by atoms with van der Waals surface area (Å²) in [6, 6.07) is 17.0. The van der Waals surface area contributed by atoms with Gasteiger partial charge in [0.05, 0.1) is 0 Å². The third kappa shape index (κ3) is 3.95. The zero-order valence-corrected chi connectivity index (χ0v) is 14.2. The molecule has 1 aliphatic rings. The van der Waals surface area contributed by atoms with Crippen molar-refractivity contribution in [2.75, 3.05) is 19.3 Å². The normalized spacial score (nSPS) is 16.7.